The summed E-state index contributed by atoms with van der Waals surface area (Å²) >= 11 is 0. The van der Waals surface area contributed by atoms with Crippen molar-refractivity contribution in [2.45, 2.75) is 52.1 Å². The van der Waals surface area contributed by atoms with Crippen LogP contribution in [0.1, 0.15) is 13.3 Å². The van der Waals surface area contributed by atoms with Crippen LogP contribution in [0.4, 0.5) is 0 Å². The summed E-state index contributed by atoms with van der Waals surface area (Å²) in [5.74, 6) is -0.306. The van der Waals surface area contributed by atoms with E-state index in [2.05, 4.69) is 45.9 Å². The van der Waals surface area contributed by atoms with E-state index in [0.29, 0.717) is 6.61 Å². The SMILES string of the molecule is C=C[Si](C)(C)O[Si](C)(CCCOC(=O)C=CC)O[Si](C)(C)C=C. The Labute approximate surface area is 144 Å². The molecule has 4 nitrogen and oxygen atoms in total. The van der Waals surface area contributed by atoms with Gasteiger partial charge >= 0.3 is 14.5 Å². The molecule has 0 rings (SSSR count). The van der Waals surface area contributed by atoms with Crippen LogP contribution < -0.4 is 0 Å². The maximum atomic E-state index is 11.3. The summed E-state index contributed by atoms with van der Waals surface area (Å²) in [5.41, 5.74) is 3.85. The van der Waals surface area contributed by atoms with Crippen molar-refractivity contribution in [3.8, 4) is 0 Å². The second kappa shape index (κ2) is 9.53. The second-order valence-corrected chi connectivity index (χ2v) is 18.4. The van der Waals surface area contributed by atoms with Gasteiger partial charge < -0.3 is 13.0 Å². The van der Waals surface area contributed by atoms with Crippen LogP contribution in [0.2, 0.25) is 38.8 Å². The highest BCUT2D eigenvalue weighted by Gasteiger charge is 2.41. The van der Waals surface area contributed by atoms with E-state index in [1.807, 2.05) is 11.4 Å². The van der Waals surface area contributed by atoms with Gasteiger partial charge in [0.2, 0.25) is 0 Å². The van der Waals surface area contributed by atoms with Gasteiger partial charge in [-0.1, -0.05) is 17.5 Å². The van der Waals surface area contributed by atoms with Gasteiger partial charge in [0.15, 0.2) is 16.6 Å². The smallest absolute Gasteiger partial charge is 0.330 e. The maximum absolute atomic E-state index is 11.3. The summed E-state index contributed by atoms with van der Waals surface area (Å²) < 4.78 is 18.0. The minimum atomic E-state index is -2.38. The molecule has 0 spiro atoms. The number of hydrogen-bond acceptors (Lipinski definition) is 4. The predicted molar refractivity (Wildman–Crippen MR) is 104 cm³/mol. The quantitative estimate of drug-likeness (QED) is 0.232. The molecule has 0 heterocycles. The molecule has 132 valence electrons. The Kier molecular flexibility index (Phi) is 9.22. The summed E-state index contributed by atoms with van der Waals surface area (Å²) in [6.45, 7) is 20.5. The normalized spacial score (nSPS) is 13.1. The molecule has 0 fully saturated rings. The monoisotopic (exact) mass is 372 g/mol. The van der Waals surface area contributed by atoms with Gasteiger partial charge in [-0.3, -0.25) is 0 Å². The van der Waals surface area contributed by atoms with Crippen LogP contribution in [0.3, 0.4) is 0 Å². The molecule has 0 saturated heterocycles. The van der Waals surface area contributed by atoms with Crippen LogP contribution in [-0.2, 0) is 17.8 Å². The fourth-order valence-corrected chi connectivity index (χ4v) is 13.8. The van der Waals surface area contributed by atoms with Gasteiger partial charge in [-0.15, -0.1) is 13.2 Å². The molecule has 0 N–H and O–H groups in total. The van der Waals surface area contributed by atoms with E-state index >= 15 is 0 Å². The molecular formula is C16H32O4Si3. The minimum Gasteiger partial charge on any atom is -0.463 e. The molecule has 0 aliphatic carbocycles. The van der Waals surface area contributed by atoms with Crippen LogP contribution in [0.15, 0.2) is 36.7 Å². The van der Waals surface area contributed by atoms with Crippen molar-refractivity contribution in [3.05, 3.63) is 36.7 Å². The zero-order valence-electron chi connectivity index (χ0n) is 15.5. The zero-order chi connectivity index (χ0) is 18.1. The number of allylic oxidation sites excluding steroid dienone is 1. The van der Waals surface area contributed by atoms with Crippen molar-refractivity contribution in [1.29, 1.82) is 0 Å². The van der Waals surface area contributed by atoms with E-state index in [-0.39, 0.29) is 5.97 Å². The first-order valence-electron chi connectivity index (χ1n) is 7.96. The third-order valence-corrected chi connectivity index (χ3v) is 14.2. The van der Waals surface area contributed by atoms with Crippen molar-refractivity contribution in [3.63, 3.8) is 0 Å². The van der Waals surface area contributed by atoms with E-state index in [9.17, 15) is 4.79 Å². The lowest BCUT2D eigenvalue weighted by atomic mass is 10.5. The maximum Gasteiger partial charge on any atom is 0.330 e. The molecule has 0 saturated carbocycles. The molecule has 0 aliphatic heterocycles. The fraction of sp³-hybridized carbons (Fsp3) is 0.562. The van der Waals surface area contributed by atoms with Gasteiger partial charge in [0.1, 0.15) is 0 Å². The van der Waals surface area contributed by atoms with Crippen molar-refractivity contribution in [2.75, 3.05) is 6.61 Å². The van der Waals surface area contributed by atoms with E-state index in [4.69, 9.17) is 13.0 Å². The number of carbonyl (C=O) groups excluding carboxylic acids is 1. The summed E-state index contributed by atoms with van der Waals surface area (Å²) in [7, 11) is -6.28. The molecule has 0 atom stereocenters. The fourth-order valence-electron chi connectivity index (χ4n) is 2.07. The molecule has 23 heavy (non-hydrogen) atoms. The molecule has 7 heteroatoms. The molecule has 0 aromatic heterocycles. The largest absolute Gasteiger partial charge is 0.463 e. The lowest BCUT2D eigenvalue weighted by molar-refractivity contribution is -0.137. The number of esters is 1. The van der Waals surface area contributed by atoms with E-state index in [0.717, 1.165) is 12.5 Å². The highest BCUT2D eigenvalue weighted by molar-refractivity contribution is 6.91. The summed E-state index contributed by atoms with van der Waals surface area (Å²) in [6.07, 6.45) is 3.82. The van der Waals surface area contributed by atoms with E-state index in [1.165, 1.54) is 6.08 Å². The van der Waals surface area contributed by atoms with Crippen LogP contribution in [0.25, 0.3) is 0 Å². The number of hydrogen-bond donors (Lipinski definition) is 0. The molecule has 0 aliphatic rings. The Hall–Kier alpha value is -0.739. The predicted octanol–water partition coefficient (Wildman–Crippen LogP) is 4.46. The van der Waals surface area contributed by atoms with Crippen LogP contribution in [0.5, 0.6) is 0 Å². The van der Waals surface area contributed by atoms with Crippen molar-refractivity contribution in [2.24, 2.45) is 0 Å². The van der Waals surface area contributed by atoms with E-state index in [1.54, 1.807) is 13.0 Å². The Morgan fingerprint density at radius 3 is 1.87 bits per heavy atom. The van der Waals surface area contributed by atoms with Gasteiger partial charge in [-0.2, -0.15) is 0 Å². The third kappa shape index (κ3) is 9.88. The molecule has 0 radical (unpaired) electrons. The summed E-state index contributed by atoms with van der Waals surface area (Å²) in [6, 6.07) is 0.782. The van der Waals surface area contributed by atoms with Gasteiger partial charge in [-0.05, 0) is 52.1 Å². The Morgan fingerprint density at radius 2 is 1.48 bits per heavy atom. The highest BCUT2D eigenvalue weighted by atomic mass is 28.5. The topological polar surface area (TPSA) is 44.8 Å². The van der Waals surface area contributed by atoms with Gasteiger partial charge in [0.05, 0.1) is 6.61 Å². The molecule has 0 amide bonds. The minimum absolute atomic E-state index is 0.306. The molecule has 0 unspecified atom stereocenters. The highest BCUT2D eigenvalue weighted by Crippen LogP contribution is 2.26. The molecule has 0 aromatic rings. The summed E-state index contributed by atoms with van der Waals surface area (Å²) in [4.78, 5) is 11.3. The molecule has 0 bridgehead atoms. The average molecular weight is 373 g/mol. The van der Waals surface area contributed by atoms with E-state index < -0.39 is 25.2 Å². The van der Waals surface area contributed by atoms with Crippen molar-refractivity contribution >= 4 is 31.2 Å². The molecule has 0 aromatic carbocycles. The summed E-state index contributed by atoms with van der Waals surface area (Å²) in [5, 5.41) is 0. The number of carbonyl (C=O) groups is 1. The molecular weight excluding hydrogens is 340 g/mol. The van der Waals surface area contributed by atoms with Gasteiger partial charge in [0, 0.05) is 6.08 Å². The first-order chi connectivity index (χ1) is 10.5. The Balaban J connectivity index is 4.82. The first-order valence-corrected chi connectivity index (χ1v) is 16.5. The van der Waals surface area contributed by atoms with Gasteiger partial charge in [-0.25, -0.2) is 4.79 Å². The average Bonchev–Trinajstić information content (AvgIpc) is 2.43. The van der Waals surface area contributed by atoms with Crippen molar-refractivity contribution < 1.29 is 17.8 Å². The number of ether oxygens (including phenoxy) is 1. The Bertz CT molecular complexity index is 423. The van der Waals surface area contributed by atoms with Crippen LogP contribution >= 0.6 is 0 Å². The number of rotatable bonds is 11. The van der Waals surface area contributed by atoms with Crippen LogP contribution in [-0.4, -0.2) is 37.8 Å². The third-order valence-electron chi connectivity index (χ3n) is 3.26. The Morgan fingerprint density at radius 1 is 1.00 bits per heavy atom. The lowest BCUT2D eigenvalue weighted by Crippen LogP contribution is -2.53. The van der Waals surface area contributed by atoms with Crippen LogP contribution in [0, 0.1) is 0 Å². The van der Waals surface area contributed by atoms with Crippen molar-refractivity contribution in [1.82, 2.24) is 0 Å². The second-order valence-electron chi connectivity index (χ2n) is 6.72. The lowest BCUT2D eigenvalue weighted by Gasteiger charge is -2.38. The first kappa shape index (κ1) is 22.3. The standard InChI is InChI=1S/C16H32O4Si3/c1-9-13-16(17)18-14-12-15-23(8,19-21(4,5)10-2)20-22(6,7)11-3/h9-11,13H,2-3,12,14-15H2,1,4-8H3. The van der Waals surface area contributed by atoms with Gasteiger partial charge in [0.25, 0.3) is 0 Å². The zero-order valence-corrected chi connectivity index (χ0v) is 18.5.